The zero-order valence-electron chi connectivity index (χ0n) is 10.3. The van der Waals surface area contributed by atoms with Crippen LogP contribution in [0, 0.1) is 18.8 Å². The molecule has 1 aromatic carbocycles. The van der Waals surface area contributed by atoms with Crippen LogP contribution in [0.3, 0.4) is 0 Å². The standard InChI is InChI=1S/C14H16N2O2/c1-10-7-11(3-2-6-17)9-13(8-10)16-14(18)15-12-4-5-12/h7-9,12,17H,4-6H2,1H3,(H2,15,16,18). The second kappa shape index (κ2) is 5.56. The molecule has 3 N–H and O–H groups in total. The van der Waals surface area contributed by atoms with E-state index in [1.54, 1.807) is 6.07 Å². The van der Waals surface area contributed by atoms with E-state index >= 15 is 0 Å². The molecular weight excluding hydrogens is 228 g/mol. The lowest BCUT2D eigenvalue weighted by atomic mass is 10.1. The third kappa shape index (κ3) is 3.79. The summed E-state index contributed by atoms with van der Waals surface area (Å²) < 4.78 is 0. The number of hydrogen-bond acceptors (Lipinski definition) is 2. The summed E-state index contributed by atoms with van der Waals surface area (Å²) in [6.45, 7) is 1.77. The summed E-state index contributed by atoms with van der Waals surface area (Å²) in [7, 11) is 0. The molecule has 94 valence electrons. The molecule has 18 heavy (non-hydrogen) atoms. The molecule has 0 spiro atoms. The first-order chi connectivity index (χ1) is 8.67. The Labute approximate surface area is 106 Å². The molecular formula is C14H16N2O2. The van der Waals surface area contributed by atoms with Gasteiger partial charge in [-0.05, 0) is 43.5 Å². The number of urea groups is 1. The Morgan fingerprint density at radius 2 is 2.22 bits per heavy atom. The van der Waals surface area contributed by atoms with Crippen LogP contribution in [0.2, 0.25) is 0 Å². The van der Waals surface area contributed by atoms with Crippen molar-refractivity contribution in [2.24, 2.45) is 0 Å². The Morgan fingerprint density at radius 1 is 1.44 bits per heavy atom. The molecule has 1 aromatic rings. The molecule has 1 aliphatic rings. The van der Waals surface area contributed by atoms with Gasteiger partial charge in [0, 0.05) is 17.3 Å². The predicted molar refractivity (Wildman–Crippen MR) is 70.3 cm³/mol. The molecule has 0 aliphatic heterocycles. The Hall–Kier alpha value is -1.99. The second-order valence-electron chi connectivity index (χ2n) is 4.42. The van der Waals surface area contributed by atoms with Crippen molar-refractivity contribution in [1.29, 1.82) is 0 Å². The van der Waals surface area contributed by atoms with Gasteiger partial charge in [-0.1, -0.05) is 11.8 Å². The van der Waals surface area contributed by atoms with Crippen LogP contribution in [0.5, 0.6) is 0 Å². The molecule has 0 bridgehead atoms. The lowest BCUT2D eigenvalue weighted by molar-refractivity contribution is 0.251. The maximum absolute atomic E-state index is 11.6. The van der Waals surface area contributed by atoms with Crippen molar-refractivity contribution >= 4 is 11.7 Å². The minimum Gasteiger partial charge on any atom is -0.384 e. The highest BCUT2D eigenvalue weighted by Gasteiger charge is 2.23. The fourth-order valence-electron chi connectivity index (χ4n) is 1.65. The Kier molecular flexibility index (Phi) is 3.85. The van der Waals surface area contributed by atoms with Gasteiger partial charge in [0.25, 0.3) is 0 Å². The zero-order valence-corrected chi connectivity index (χ0v) is 10.3. The van der Waals surface area contributed by atoms with Gasteiger partial charge in [-0.2, -0.15) is 0 Å². The topological polar surface area (TPSA) is 61.4 Å². The lowest BCUT2D eigenvalue weighted by Gasteiger charge is -2.08. The molecule has 2 amide bonds. The Balaban J connectivity index is 2.06. The summed E-state index contributed by atoms with van der Waals surface area (Å²) in [5.41, 5.74) is 2.52. The van der Waals surface area contributed by atoms with Crippen molar-refractivity contribution < 1.29 is 9.90 Å². The van der Waals surface area contributed by atoms with E-state index < -0.39 is 0 Å². The van der Waals surface area contributed by atoms with Gasteiger partial charge in [0.15, 0.2) is 0 Å². The van der Waals surface area contributed by atoms with Gasteiger partial charge in [0.1, 0.15) is 6.61 Å². The van der Waals surface area contributed by atoms with E-state index in [-0.39, 0.29) is 12.6 Å². The quantitative estimate of drug-likeness (QED) is 0.692. The summed E-state index contributed by atoms with van der Waals surface area (Å²) in [6.07, 6.45) is 2.13. The molecule has 4 heteroatoms. The van der Waals surface area contributed by atoms with Crippen LogP contribution >= 0.6 is 0 Å². The number of hydrogen-bond donors (Lipinski definition) is 3. The maximum Gasteiger partial charge on any atom is 0.319 e. The first-order valence-corrected chi connectivity index (χ1v) is 5.96. The van der Waals surface area contributed by atoms with E-state index in [2.05, 4.69) is 22.5 Å². The molecule has 2 rings (SSSR count). The number of nitrogens with one attached hydrogen (secondary N) is 2. The molecule has 1 aliphatic carbocycles. The third-order valence-electron chi connectivity index (χ3n) is 2.56. The number of aryl methyl sites for hydroxylation is 1. The van der Waals surface area contributed by atoms with Gasteiger partial charge in [0.2, 0.25) is 0 Å². The Bertz CT molecular complexity index is 510. The molecule has 4 nitrogen and oxygen atoms in total. The van der Waals surface area contributed by atoms with Crippen LogP contribution in [0.15, 0.2) is 18.2 Å². The lowest BCUT2D eigenvalue weighted by Crippen LogP contribution is -2.30. The van der Waals surface area contributed by atoms with Gasteiger partial charge in [-0.3, -0.25) is 0 Å². The van der Waals surface area contributed by atoms with Crippen LogP contribution in [0.4, 0.5) is 10.5 Å². The fourth-order valence-corrected chi connectivity index (χ4v) is 1.65. The van der Waals surface area contributed by atoms with Crippen molar-refractivity contribution in [1.82, 2.24) is 5.32 Å². The number of amides is 2. The molecule has 0 saturated heterocycles. The van der Waals surface area contributed by atoms with Gasteiger partial charge >= 0.3 is 6.03 Å². The van der Waals surface area contributed by atoms with Crippen LogP contribution in [0.1, 0.15) is 24.0 Å². The molecule has 1 saturated carbocycles. The van der Waals surface area contributed by atoms with Crippen LogP contribution in [-0.2, 0) is 0 Å². The predicted octanol–water partition coefficient (Wildman–Crippen LogP) is 1.62. The number of carbonyl (C=O) groups is 1. The summed E-state index contributed by atoms with van der Waals surface area (Å²) in [6, 6.07) is 5.75. The van der Waals surface area contributed by atoms with E-state index in [0.29, 0.717) is 6.04 Å². The van der Waals surface area contributed by atoms with Crippen molar-refractivity contribution in [2.75, 3.05) is 11.9 Å². The van der Waals surface area contributed by atoms with Gasteiger partial charge in [-0.15, -0.1) is 0 Å². The SMILES string of the molecule is Cc1cc(C#CCO)cc(NC(=O)NC2CC2)c1. The smallest absolute Gasteiger partial charge is 0.319 e. The number of anilines is 1. The molecule has 0 heterocycles. The van der Waals surface area contributed by atoms with E-state index in [9.17, 15) is 4.79 Å². The zero-order chi connectivity index (χ0) is 13.0. The summed E-state index contributed by atoms with van der Waals surface area (Å²) >= 11 is 0. The molecule has 0 radical (unpaired) electrons. The third-order valence-corrected chi connectivity index (χ3v) is 2.56. The first kappa shape index (κ1) is 12.5. The molecule has 0 atom stereocenters. The maximum atomic E-state index is 11.6. The van der Waals surface area contributed by atoms with E-state index in [0.717, 1.165) is 29.7 Å². The average Bonchev–Trinajstić information content (AvgIpc) is 3.09. The Morgan fingerprint density at radius 3 is 2.89 bits per heavy atom. The van der Waals surface area contributed by atoms with E-state index in [4.69, 9.17) is 5.11 Å². The summed E-state index contributed by atoms with van der Waals surface area (Å²) in [5.74, 6) is 5.42. The minimum absolute atomic E-state index is 0.168. The second-order valence-corrected chi connectivity index (χ2v) is 4.42. The number of carbonyl (C=O) groups excluding carboxylic acids is 1. The first-order valence-electron chi connectivity index (χ1n) is 5.96. The molecule has 1 fully saturated rings. The van der Waals surface area contributed by atoms with Crippen molar-refractivity contribution in [2.45, 2.75) is 25.8 Å². The minimum atomic E-state index is -0.177. The normalized spacial score (nSPS) is 13.4. The van der Waals surface area contributed by atoms with Gasteiger partial charge < -0.3 is 15.7 Å². The highest BCUT2D eigenvalue weighted by Crippen LogP contribution is 2.19. The molecule has 0 aromatic heterocycles. The van der Waals surface area contributed by atoms with Crippen LogP contribution < -0.4 is 10.6 Å². The average molecular weight is 244 g/mol. The number of rotatable bonds is 2. The van der Waals surface area contributed by atoms with Gasteiger partial charge in [-0.25, -0.2) is 4.79 Å². The summed E-state index contributed by atoms with van der Waals surface area (Å²) in [5, 5.41) is 14.3. The van der Waals surface area contributed by atoms with Crippen molar-refractivity contribution in [3.8, 4) is 11.8 Å². The van der Waals surface area contributed by atoms with Gasteiger partial charge in [0.05, 0.1) is 0 Å². The van der Waals surface area contributed by atoms with E-state index in [1.165, 1.54) is 0 Å². The number of aliphatic hydroxyl groups is 1. The fraction of sp³-hybridized carbons (Fsp3) is 0.357. The van der Waals surface area contributed by atoms with Crippen LogP contribution in [-0.4, -0.2) is 23.8 Å². The highest BCUT2D eigenvalue weighted by molar-refractivity contribution is 5.90. The van der Waals surface area contributed by atoms with Crippen molar-refractivity contribution in [3.63, 3.8) is 0 Å². The highest BCUT2D eigenvalue weighted by atomic mass is 16.2. The van der Waals surface area contributed by atoms with Crippen molar-refractivity contribution in [3.05, 3.63) is 29.3 Å². The number of benzene rings is 1. The largest absolute Gasteiger partial charge is 0.384 e. The monoisotopic (exact) mass is 244 g/mol. The van der Waals surface area contributed by atoms with E-state index in [1.807, 2.05) is 19.1 Å². The molecule has 0 unspecified atom stereocenters. The van der Waals surface area contributed by atoms with Crippen LogP contribution in [0.25, 0.3) is 0 Å². The number of aliphatic hydroxyl groups excluding tert-OH is 1. The summed E-state index contributed by atoms with van der Waals surface area (Å²) in [4.78, 5) is 11.6.